The molecule has 1 fully saturated rings. The van der Waals surface area contributed by atoms with Gasteiger partial charge in [0.1, 0.15) is 22.2 Å². The second kappa shape index (κ2) is 7.72. The molecule has 7 heteroatoms. The fraction of sp³-hybridized carbons (Fsp3) is 0.500. The summed E-state index contributed by atoms with van der Waals surface area (Å²) >= 11 is 3.64. The summed E-state index contributed by atoms with van der Waals surface area (Å²) in [5.41, 5.74) is 3.96. The molecule has 0 bridgehead atoms. The van der Waals surface area contributed by atoms with Crippen LogP contribution in [-0.2, 0) is 0 Å². The molecule has 5 nitrogen and oxygen atoms in total. The summed E-state index contributed by atoms with van der Waals surface area (Å²) in [5.74, 6) is 3.79. The first-order valence-electron chi connectivity index (χ1n) is 9.38. The molecule has 3 heterocycles. The Labute approximate surface area is 168 Å². The van der Waals surface area contributed by atoms with E-state index in [9.17, 15) is 0 Å². The van der Waals surface area contributed by atoms with E-state index in [4.69, 9.17) is 9.97 Å². The minimum atomic E-state index is 0.479. The quantitative estimate of drug-likeness (QED) is 0.650. The molecule has 3 aromatic heterocycles. The predicted molar refractivity (Wildman–Crippen MR) is 116 cm³/mol. The number of nitrogens with one attached hydrogen (secondary N) is 1. The van der Waals surface area contributed by atoms with Gasteiger partial charge in [-0.2, -0.15) is 11.8 Å². The first-order chi connectivity index (χ1) is 13.0. The standard InChI is InChI=1S/C20H25N5S2/c1-11-17(20-25-18-12(2)21-8-7-16(18)27-20)19(23-13(3)22-11)24-15-6-5-14(9-15)10-26-4/h7-8,14-15H,5-6,9-10H2,1-4H3,(H,22,23,24). The molecule has 0 spiro atoms. The molecular weight excluding hydrogens is 374 g/mol. The number of aromatic nitrogens is 4. The Morgan fingerprint density at radius 3 is 2.78 bits per heavy atom. The Hall–Kier alpha value is -1.73. The van der Waals surface area contributed by atoms with Crippen LogP contribution in [0.25, 0.3) is 20.8 Å². The van der Waals surface area contributed by atoms with E-state index < -0.39 is 0 Å². The molecule has 1 saturated carbocycles. The van der Waals surface area contributed by atoms with Crippen LogP contribution in [0, 0.1) is 26.7 Å². The fourth-order valence-corrected chi connectivity index (χ4v) is 5.83. The van der Waals surface area contributed by atoms with E-state index in [-0.39, 0.29) is 0 Å². The highest BCUT2D eigenvalue weighted by Gasteiger charge is 2.26. The molecule has 0 aliphatic heterocycles. The Kier molecular flexibility index (Phi) is 5.32. The molecule has 1 aliphatic carbocycles. The van der Waals surface area contributed by atoms with Crippen LogP contribution in [0.4, 0.5) is 5.82 Å². The van der Waals surface area contributed by atoms with Crippen molar-refractivity contribution in [2.45, 2.75) is 46.1 Å². The highest BCUT2D eigenvalue weighted by Crippen LogP contribution is 2.38. The van der Waals surface area contributed by atoms with Crippen molar-refractivity contribution < 1.29 is 0 Å². The van der Waals surface area contributed by atoms with Crippen LogP contribution in [0.1, 0.15) is 36.5 Å². The summed E-state index contributed by atoms with van der Waals surface area (Å²) in [5, 5.41) is 4.70. The van der Waals surface area contributed by atoms with Crippen LogP contribution in [0.3, 0.4) is 0 Å². The van der Waals surface area contributed by atoms with Crippen LogP contribution >= 0.6 is 23.1 Å². The number of fused-ring (bicyclic) bond motifs is 1. The van der Waals surface area contributed by atoms with Gasteiger partial charge in [-0.15, -0.1) is 11.3 Å². The molecule has 27 heavy (non-hydrogen) atoms. The van der Waals surface area contributed by atoms with E-state index >= 15 is 0 Å². The molecule has 0 aromatic carbocycles. The Morgan fingerprint density at radius 2 is 2.00 bits per heavy atom. The van der Waals surface area contributed by atoms with Crippen molar-refractivity contribution >= 4 is 39.1 Å². The Morgan fingerprint density at radius 1 is 1.15 bits per heavy atom. The average Bonchev–Trinajstić information content (AvgIpc) is 3.22. The highest BCUT2D eigenvalue weighted by molar-refractivity contribution is 7.98. The summed E-state index contributed by atoms with van der Waals surface area (Å²) in [6.07, 6.45) is 7.76. The summed E-state index contributed by atoms with van der Waals surface area (Å²) in [6, 6.07) is 2.51. The lowest BCUT2D eigenvalue weighted by molar-refractivity contribution is 0.613. The van der Waals surface area contributed by atoms with Gasteiger partial charge in [0.05, 0.1) is 21.7 Å². The third kappa shape index (κ3) is 3.80. The fourth-order valence-electron chi connectivity index (χ4n) is 3.95. The second-order valence-corrected chi connectivity index (χ2v) is 9.26. The van der Waals surface area contributed by atoms with Crippen molar-refractivity contribution in [2.75, 3.05) is 17.3 Å². The van der Waals surface area contributed by atoms with Crippen molar-refractivity contribution in [3.05, 3.63) is 29.5 Å². The number of nitrogens with zero attached hydrogens (tertiary/aromatic N) is 4. The van der Waals surface area contributed by atoms with Crippen molar-refractivity contribution in [2.24, 2.45) is 5.92 Å². The molecule has 1 aliphatic rings. The summed E-state index contributed by atoms with van der Waals surface area (Å²) in [6.45, 7) is 6.02. The number of pyridine rings is 1. The van der Waals surface area contributed by atoms with E-state index in [1.807, 2.05) is 37.9 Å². The number of aryl methyl sites for hydroxylation is 3. The molecular formula is C20H25N5S2. The predicted octanol–water partition coefficient (Wildman–Crippen LogP) is 5.02. The van der Waals surface area contributed by atoms with Crippen molar-refractivity contribution in [3.63, 3.8) is 0 Å². The third-order valence-corrected chi connectivity index (χ3v) is 7.03. The number of thiazole rings is 1. The maximum absolute atomic E-state index is 4.89. The SMILES string of the molecule is CSCC1CCC(Nc2nc(C)nc(C)c2-c2nc3c(C)nccc3s2)C1. The molecule has 0 radical (unpaired) electrons. The first kappa shape index (κ1) is 18.6. The zero-order valence-corrected chi connectivity index (χ0v) is 17.9. The third-order valence-electron chi connectivity index (χ3n) is 5.19. The molecule has 0 saturated heterocycles. The molecule has 2 unspecified atom stereocenters. The van der Waals surface area contributed by atoms with Crippen molar-refractivity contribution in [1.82, 2.24) is 19.9 Å². The van der Waals surface area contributed by atoms with Gasteiger partial charge in [0.2, 0.25) is 0 Å². The Balaban J connectivity index is 1.71. The lowest BCUT2D eigenvalue weighted by atomic mass is 10.1. The minimum absolute atomic E-state index is 0.479. The van der Waals surface area contributed by atoms with Crippen molar-refractivity contribution in [3.8, 4) is 10.6 Å². The number of rotatable bonds is 5. The monoisotopic (exact) mass is 399 g/mol. The molecule has 2 atom stereocenters. The zero-order chi connectivity index (χ0) is 19.0. The summed E-state index contributed by atoms with van der Waals surface area (Å²) in [7, 11) is 0. The number of anilines is 1. The second-order valence-electron chi connectivity index (χ2n) is 7.32. The van der Waals surface area contributed by atoms with Gasteiger partial charge >= 0.3 is 0 Å². The Bertz CT molecular complexity index is 968. The smallest absolute Gasteiger partial charge is 0.140 e. The lowest BCUT2D eigenvalue weighted by Crippen LogP contribution is -2.18. The maximum atomic E-state index is 4.89. The highest BCUT2D eigenvalue weighted by atomic mass is 32.2. The molecule has 1 N–H and O–H groups in total. The van der Waals surface area contributed by atoms with E-state index in [1.54, 1.807) is 11.3 Å². The molecule has 142 valence electrons. The van der Waals surface area contributed by atoms with E-state index in [0.717, 1.165) is 49.7 Å². The van der Waals surface area contributed by atoms with Gasteiger partial charge in [-0.05, 0) is 64.0 Å². The van der Waals surface area contributed by atoms with Crippen LogP contribution in [0.2, 0.25) is 0 Å². The molecule has 4 rings (SSSR count). The minimum Gasteiger partial charge on any atom is -0.367 e. The van der Waals surface area contributed by atoms with E-state index in [1.165, 1.54) is 25.0 Å². The number of hydrogen-bond acceptors (Lipinski definition) is 7. The number of hydrogen-bond donors (Lipinski definition) is 1. The molecule has 3 aromatic rings. The summed E-state index contributed by atoms with van der Waals surface area (Å²) in [4.78, 5) is 18.6. The zero-order valence-electron chi connectivity index (χ0n) is 16.2. The van der Waals surface area contributed by atoms with Gasteiger partial charge < -0.3 is 5.32 Å². The van der Waals surface area contributed by atoms with Crippen LogP contribution in [0.5, 0.6) is 0 Å². The van der Waals surface area contributed by atoms with Gasteiger partial charge in [-0.1, -0.05) is 0 Å². The van der Waals surface area contributed by atoms with Gasteiger partial charge in [0.25, 0.3) is 0 Å². The van der Waals surface area contributed by atoms with Crippen LogP contribution < -0.4 is 5.32 Å². The van der Waals surface area contributed by atoms with Gasteiger partial charge in [0, 0.05) is 12.2 Å². The maximum Gasteiger partial charge on any atom is 0.140 e. The average molecular weight is 400 g/mol. The topological polar surface area (TPSA) is 63.6 Å². The summed E-state index contributed by atoms with van der Waals surface area (Å²) < 4.78 is 1.16. The first-order valence-corrected chi connectivity index (χ1v) is 11.6. The van der Waals surface area contributed by atoms with E-state index in [0.29, 0.717) is 6.04 Å². The van der Waals surface area contributed by atoms with Crippen molar-refractivity contribution in [1.29, 1.82) is 0 Å². The normalized spacial score (nSPS) is 19.7. The van der Waals surface area contributed by atoms with Crippen LogP contribution in [0.15, 0.2) is 12.3 Å². The largest absolute Gasteiger partial charge is 0.367 e. The van der Waals surface area contributed by atoms with Gasteiger partial charge in [-0.3, -0.25) is 4.98 Å². The van der Waals surface area contributed by atoms with Gasteiger partial charge in [0.15, 0.2) is 0 Å². The lowest BCUT2D eigenvalue weighted by Gasteiger charge is -2.17. The van der Waals surface area contributed by atoms with E-state index in [2.05, 4.69) is 28.5 Å². The number of thioether (sulfide) groups is 1. The van der Waals surface area contributed by atoms with Crippen LogP contribution in [-0.4, -0.2) is 38.0 Å². The van der Waals surface area contributed by atoms with Gasteiger partial charge in [-0.25, -0.2) is 15.0 Å². The molecule has 0 amide bonds.